The van der Waals surface area contributed by atoms with Gasteiger partial charge in [0.05, 0.1) is 0 Å². The Balaban J connectivity index is 2.59. The van der Waals surface area contributed by atoms with Crippen molar-refractivity contribution >= 4 is 6.08 Å². The molecular formula is C14H18. The molecule has 0 aliphatic carbocycles. The quantitative estimate of drug-likeness (QED) is 0.604. The lowest BCUT2D eigenvalue weighted by atomic mass is 10.1. The SMILES string of the molecule is C=CC=Cc1ccc(CCCC)cc1. The molecule has 0 N–H and O–H groups in total. The van der Waals surface area contributed by atoms with Gasteiger partial charge >= 0.3 is 0 Å². The molecule has 0 aromatic heterocycles. The van der Waals surface area contributed by atoms with Crippen LogP contribution in [-0.2, 0) is 6.42 Å². The molecule has 0 fully saturated rings. The van der Waals surface area contributed by atoms with Gasteiger partial charge in [0.15, 0.2) is 0 Å². The van der Waals surface area contributed by atoms with E-state index in [-0.39, 0.29) is 0 Å². The normalized spacial score (nSPS) is 10.6. The fourth-order valence-corrected chi connectivity index (χ4v) is 1.36. The van der Waals surface area contributed by atoms with E-state index in [0.29, 0.717) is 0 Å². The number of aryl methyl sites for hydroxylation is 1. The summed E-state index contributed by atoms with van der Waals surface area (Å²) in [7, 11) is 0. The Hall–Kier alpha value is -1.30. The van der Waals surface area contributed by atoms with Crippen LogP contribution in [0.2, 0.25) is 0 Å². The lowest BCUT2D eigenvalue weighted by Crippen LogP contribution is -1.83. The van der Waals surface area contributed by atoms with Gasteiger partial charge in [0, 0.05) is 0 Å². The van der Waals surface area contributed by atoms with E-state index in [1.54, 1.807) is 6.08 Å². The molecule has 0 amide bonds. The average molecular weight is 186 g/mol. The number of unbranched alkanes of at least 4 members (excludes halogenated alkanes) is 1. The van der Waals surface area contributed by atoms with E-state index in [1.165, 1.54) is 30.4 Å². The second-order valence-electron chi connectivity index (χ2n) is 3.44. The maximum Gasteiger partial charge on any atom is -0.0256 e. The first-order valence-corrected chi connectivity index (χ1v) is 5.25. The Kier molecular flexibility index (Phi) is 4.77. The molecule has 0 aliphatic rings. The summed E-state index contributed by atoms with van der Waals surface area (Å²) in [6.45, 7) is 5.87. The van der Waals surface area contributed by atoms with E-state index < -0.39 is 0 Å². The number of hydrogen-bond donors (Lipinski definition) is 0. The fourth-order valence-electron chi connectivity index (χ4n) is 1.36. The molecular weight excluding hydrogens is 168 g/mol. The summed E-state index contributed by atoms with van der Waals surface area (Å²) in [6.07, 6.45) is 9.56. The third-order valence-corrected chi connectivity index (χ3v) is 2.22. The summed E-state index contributed by atoms with van der Waals surface area (Å²) in [5, 5.41) is 0. The van der Waals surface area contributed by atoms with Crippen LogP contribution in [0.25, 0.3) is 6.08 Å². The van der Waals surface area contributed by atoms with E-state index in [2.05, 4.69) is 43.8 Å². The minimum atomic E-state index is 1.20. The minimum Gasteiger partial charge on any atom is -0.0991 e. The molecule has 0 atom stereocenters. The molecule has 1 aromatic rings. The number of hydrogen-bond acceptors (Lipinski definition) is 0. The summed E-state index contributed by atoms with van der Waals surface area (Å²) >= 11 is 0. The topological polar surface area (TPSA) is 0 Å². The van der Waals surface area contributed by atoms with Crippen molar-refractivity contribution in [3.8, 4) is 0 Å². The summed E-state index contributed by atoms with van der Waals surface area (Å²) < 4.78 is 0. The van der Waals surface area contributed by atoms with Crippen LogP contribution in [0.4, 0.5) is 0 Å². The van der Waals surface area contributed by atoms with Crippen LogP contribution in [0.15, 0.2) is 43.0 Å². The Morgan fingerprint density at radius 1 is 1.21 bits per heavy atom. The maximum absolute atomic E-state index is 3.65. The largest absolute Gasteiger partial charge is 0.0991 e. The van der Waals surface area contributed by atoms with Crippen molar-refractivity contribution in [3.05, 3.63) is 54.1 Å². The smallest absolute Gasteiger partial charge is 0.0256 e. The highest BCUT2D eigenvalue weighted by Crippen LogP contribution is 2.09. The Labute approximate surface area is 87.0 Å². The summed E-state index contributed by atoms with van der Waals surface area (Å²) in [6, 6.07) is 8.73. The number of rotatable bonds is 5. The molecule has 0 bridgehead atoms. The lowest BCUT2D eigenvalue weighted by Gasteiger charge is -1.99. The second-order valence-corrected chi connectivity index (χ2v) is 3.44. The second kappa shape index (κ2) is 6.20. The van der Waals surface area contributed by atoms with Crippen LogP contribution in [0.5, 0.6) is 0 Å². The highest BCUT2D eigenvalue weighted by molar-refractivity contribution is 5.51. The van der Waals surface area contributed by atoms with Gasteiger partial charge in [-0.15, -0.1) is 0 Å². The van der Waals surface area contributed by atoms with E-state index >= 15 is 0 Å². The third-order valence-electron chi connectivity index (χ3n) is 2.22. The van der Waals surface area contributed by atoms with Crippen molar-refractivity contribution in [3.63, 3.8) is 0 Å². The first-order valence-electron chi connectivity index (χ1n) is 5.25. The van der Waals surface area contributed by atoms with E-state index in [9.17, 15) is 0 Å². The zero-order valence-corrected chi connectivity index (χ0v) is 8.87. The minimum absolute atomic E-state index is 1.20. The van der Waals surface area contributed by atoms with Gasteiger partial charge < -0.3 is 0 Å². The fraction of sp³-hybridized carbons (Fsp3) is 0.286. The van der Waals surface area contributed by atoms with Crippen LogP contribution in [0, 0.1) is 0 Å². The standard InChI is InChI=1S/C14H18/c1-3-5-7-13-9-11-14(12-10-13)8-6-4-2/h3,5,7,9-12H,1,4,6,8H2,2H3. The molecule has 14 heavy (non-hydrogen) atoms. The first-order chi connectivity index (χ1) is 6.86. The molecule has 0 spiro atoms. The van der Waals surface area contributed by atoms with Crippen molar-refractivity contribution in [2.24, 2.45) is 0 Å². The van der Waals surface area contributed by atoms with Crippen molar-refractivity contribution in [1.82, 2.24) is 0 Å². The lowest BCUT2D eigenvalue weighted by molar-refractivity contribution is 0.795. The molecule has 0 unspecified atom stereocenters. The molecule has 0 aliphatic heterocycles. The average Bonchev–Trinajstić information content (AvgIpc) is 2.25. The van der Waals surface area contributed by atoms with Crippen molar-refractivity contribution in [2.45, 2.75) is 26.2 Å². The monoisotopic (exact) mass is 186 g/mol. The number of allylic oxidation sites excluding steroid dienone is 2. The Morgan fingerprint density at radius 3 is 2.50 bits per heavy atom. The van der Waals surface area contributed by atoms with Gasteiger partial charge in [0.25, 0.3) is 0 Å². The molecule has 0 saturated heterocycles. The molecule has 74 valence electrons. The van der Waals surface area contributed by atoms with Crippen LogP contribution >= 0.6 is 0 Å². The summed E-state index contributed by atoms with van der Waals surface area (Å²) in [5.74, 6) is 0. The molecule has 0 nitrogen and oxygen atoms in total. The zero-order valence-electron chi connectivity index (χ0n) is 8.87. The highest BCUT2D eigenvalue weighted by atomic mass is 14.0. The predicted octanol–water partition coefficient (Wildman–Crippen LogP) is 4.23. The van der Waals surface area contributed by atoms with Crippen LogP contribution in [0.1, 0.15) is 30.9 Å². The van der Waals surface area contributed by atoms with Crippen LogP contribution in [-0.4, -0.2) is 0 Å². The van der Waals surface area contributed by atoms with Gasteiger partial charge in [0.1, 0.15) is 0 Å². The van der Waals surface area contributed by atoms with Gasteiger partial charge in [-0.1, -0.05) is 62.4 Å². The zero-order chi connectivity index (χ0) is 10.2. The van der Waals surface area contributed by atoms with E-state index in [1.807, 2.05) is 6.08 Å². The van der Waals surface area contributed by atoms with Crippen molar-refractivity contribution in [1.29, 1.82) is 0 Å². The molecule has 1 aromatic carbocycles. The molecule has 0 heterocycles. The van der Waals surface area contributed by atoms with Crippen LogP contribution < -0.4 is 0 Å². The Bertz CT molecular complexity index is 290. The first kappa shape index (κ1) is 10.8. The van der Waals surface area contributed by atoms with E-state index in [4.69, 9.17) is 0 Å². The summed E-state index contributed by atoms with van der Waals surface area (Å²) in [4.78, 5) is 0. The molecule has 1 rings (SSSR count). The highest BCUT2D eigenvalue weighted by Gasteiger charge is 1.91. The predicted molar refractivity (Wildman–Crippen MR) is 64.3 cm³/mol. The van der Waals surface area contributed by atoms with Crippen molar-refractivity contribution in [2.75, 3.05) is 0 Å². The molecule has 0 radical (unpaired) electrons. The van der Waals surface area contributed by atoms with Gasteiger partial charge in [0.2, 0.25) is 0 Å². The van der Waals surface area contributed by atoms with Gasteiger partial charge in [-0.25, -0.2) is 0 Å². The molecule has 0 saturated carbocycles. The Morgan fingerprint density at radius 2 is 1.93 bits per heavy atom. The van der Waals surface area contributed by atoms with Crippen LogP contribution in [0.3, 0.4) is 0 Å². The van der Waals surface area contributed by atoms with Gasteiger partial charge in [-0.2, -0.15) is 0 Å². The van der Waals surface area contributed by atoms with Gasteiger partial charge in [-0.05, 0) is 24.0 Å². The van der Waals surface area contributed by atoms with E-state index in [0.717, 1.165) is 0 Å². The number of benzene rings is 1. The maximum atomic E-state index is 3.65. The summed E-state index contributed by atoms with van der Waals surface area (Å²) in [5.41, 5.74) is 2.67. The van der Waals surface area contributed by atoms with Gasteiger partial charge in [-0.3, -0.25) is 0 Å². The molecule has 0 heteroatoms. The third kappa shape index (κ3) is 3.61. The van der Waals surface area contributed by atoms with Crippen molar-refractivity contribution < 1.29 is 0 Å².